The second kappa shape index (κ2) is 7.16. The minimum atomic E-state index is 0.149. The van der Waals surface area contributed by atoms with Gasteiger partial charge >= 0.3 is 0 Å². The molecular weight excluding hydrogens is 278 g/mol. The van der Waals surface area contributed by atoms with Crippen LogP contribution in [0.2, 0.25) is 5.02 Å². The van der Waals surface area contributed by atoms with E-state index >= 15 is 0 Å². The molecule has 1 aromatic rings. The van der Waals surface area contributed by atoms with Crippen molar-refractivity contribution in [3.63, 3.8) is 0 Å². The van der Waals surface area contributed by atoms with E-state index in [1.807, 2.05) is 6.07 Å². The van der Waals surface area contributed by atoms with Crippen LogP contribution in [0, 0.1) is 0 Å². The van der Waals surface area contributed by atoms with Crippen molar-refractivity contribution in [3.8, 4) is 11.5 Å². The predicted molar refractivity (Wildman–Crippen MR) is 79.8 cm³/mol. The lowest BCUT2D eigenvalue weighted by molar-refractivity contribution is 0.0257. The molecule has 0 aromatic heterocycles. The van der Waals surface area contributed by atoms with E-state index in [1.54, 1.807) is 13.2 Å². The molecule has 0 aliphatic carbocycles. The number of rotatable bonds is 6. The molecule has 1 saturated heterocycles. The summed E-state index contributed by atoms with van der Waals surface area (Å²) in [6.07, 6.45) is 3.29. The number of ether oxygens (including phenoxy) is 3. The van der Waals surface area contributed by atoms with Crippen molar-refractivity contribution in [2.45, 2.75) is 38.4 Å². The van der Waals surface area contributed by atoms with Gasteiger partial charge in [0.05, 0.1) is 19.3 Å². The molecule has 0 spiro atoms. The Morgan fingerprint density at radius 1 is 1.40 bits per heavy atom. The molecule has 1 fully saturated rings. The quantitative estimate of drug-likeness (QED) is 0.877. The topological polar surface area (TPSA) is 53.7 Å². The maximum Gasteiger partial charge on any atom is 0.164 e. The summed E-state index contributed by atoms with van der Waals surface area (Å²) in [5.41, 5.74) is 6.62. The molecule has 1 heterocycles. The zero-order chi connectivity index (χ0) is 14.5. The lowest BCUT2D eigenvalue weighted by atomic mass is 10.1. The minimum absolute atomic E-state index is 0.149. The summed E-state index contributed by atoms with van der Waals surface area (Å²) in [4.78, 5) is 0. The Balaban J connectivity index is 2.11. The van der Waals surface area contributed by atoms with E-state index < -0.39 is 0 Å². The lowest BCUT2D eigenvalue weighted by Crippen LogP contribution is -2.19. The molecule has 1 aromatic carbocycles. The van der Waals surface area contributed by atoms with Gasteiger partial charge in [-0.05, 0) is 38.8 Å². The molecule has 2 N–H and O–H groups in total. The second-order valence-corrected chi connectivity index (χ2v) is 5.53. The number of benzene rings is 1. The smallest absolute Gasteiger partial charge is 0.164 e. The van der Waals surface area contributed by atoms with Crippen LogP contribution in [0.15, 0.2) is 12.1 Å². The van der Waals surface area contributed by atoms with Crippen LogP contribution < -0.4 is 15.2 Å². The standard InChI is InChI=1S/C15H22ClNO3/c1-10-3-4-13(20-10)9-19-15-11(5-6-17)7-12(16)8-14(15)18-2/h7-8,10,13H,3-6,9,17H2,1-2H3. The first kappa shape index (κ1) is 15.4. The third kappa shape index (κ3) is 3.78. The summed E-state index contributed by atoms with van der Waals surface area (Å²) in [6.45, 7) is 3.15. The van der Waals surface area contributed by atoms with Crippen LogP contribution >= 0.6 is 11.6 Å². The molecule has 0 saturated carbocycles. The Morgan fingerprint density at radius 2 is 2.20 bits per heavy atom. The van der Waals surface area contributed by atoms with E-state index in [0.29, 0.717) is 36.4 Å². The first-order chi connectivity index (χ1) is 9.63. The molecule has 0 bridgehead atoms. The highest BCUT2D eigenvalue weighted by Gasteiger charge is 2.23. The zero-order valence-corrected chi connectivity index (χ0v) is 12.8. The molecule has 4 nitrogen and oxygen atoms in total. The SMILES string of the molecule is COc1cc(Cl)cc(CCN)c1OCC1CCC(C)O1. The van der Waals surface area contributed by atoms with Gasteiger partial charge < -0.3 is 19.9 Å². The summed E-state index contributed by atoms with van der Waals surface area (Å²) in [5.74, 6) is 1.37. The molecule has 2 atom stereocenters. The highest BCUT2D eigenvalue weighted by atomic mass is 35.5. The highest BCUT2D eigenvalue weighted by molar-refractivity contribution is 6.30. The van der Waals surface area contributed by atoms with Gasteiger partial charge in [0.2, 0.25) is 0 Å². The Labute approximate surface area is 125 Å². The van der Waals surface area contributed by atoms with Gasteiger partial charge in [-0.3, -0.25) is 0 Å². The third-order valence-electron chi connectivity index (χ3n) is 3.46. The Morgan fingerprint density at radius 3 is 2.80 bits per heavy atom. The number of hydrogen-bond donors (Lipinski definition) is 1. The average molecular weight is 300 g/mol. The molecule has 5 heteroatoms. The molecular formula is C15H22ClNO3. The fourth-order valence-electron chi connectivity index (χ4n) is 2.46. The predicted octanol–water partition coefficient (Wildman–Crippen LogP) is 2.80. The minimum Gasteiger partial charge on any atom is -0.493 e. The summed E-state index contributed by atoms with van der Waals surface area (Å²) >= 11 is 6.08. The van der Waals surface area contributed by atoms with Gasteiger partial charge in [-0.2, -0.15) is 0 Å². The van der Waals surface area contributed by atoms with Crippen LogP contribution in [0.1, 0.15) is 25.3 Å². The van der Waals surface area contributed by atoms with Crippen molar-refractivity contribution >= 4 is 11.6 Å². The van der Waals surface area contributed by atoms with Crippen LogP contribution in [0.4, 0.5) is 0 Å². The van der Waals surface area contributed by atoms with Gasteiger partial charge in [0.25, 0.3) is 0 Å². The van der Waals surface area contributed by atoms with E-state index in [-0.39, 0.29) is 6.10 Å². The van der Waals surface area contributed by atoms with E-state index in [4.69, 9.17) is 31.5 Å². The zero-order valence-electron chi connectivity index (χ0n) is 12.0. The maximum absolute atomic E-state index is 6.08. The summed E-state index contributed by atoms with van der Waals surface area (Å²) in [6, 6.07) is 3.64. The van der Waals surface area contributed by atoms with Crippen molar-refractivity contribution < 1.29 is 14.2 Å². The first-order valence-electron chi connectivity index (χ1n) is 6.98. The molecule has 112 valence electrons. The molecule has 1 aliphatic heterocycles. The van der Waals surface area contributed by atoms with Crippen LogP contribution in [0.3, 0.4) is 0 Å². The van der Waals surface area contributed by atoms with E-state index in [1.165, 1.54) is 0 Å². The summed E-state index contributed by atoms with van der Waals surface area (Å²) < 4.78 is 17.1. The van der Waals surface area contributed by atoms with Crippen molar-refractivity contribution in [2.24, 2.45) is 5.73 Å². The second-order valence-electron chi connectivity index (χ2n) is 5.09. The van der Waals surface area contributed by atoms with Gasteiger partial charge in [0.1, 0.15) is 6.61 Å². The first-order valence-corrected chi connectivity index (χ1v) is 7.36. The normalized spacial score (nSPS) is 22.0. The van der Waals surface area contributed by atoms with E-state index in [0.717, 1.165) is 24.2 Å². The Bertz CT molecular complexity index is 453. The van der Waals surface area contributed by atoms with Crippen molar-refractivity contribution in [2.75, 3.05) is 20.3 Å². The van der Waals surface area contributed by atoms with Gasteiger partial charge in [-0.25, -0.2) is 0 Å². The van der Waals surface area contributed by atoms with Crippen molar-refractivity contribution in [1.82, 2.24) is 0 Å². The lowest BCUT2D eigenvalue weighted by Gasteiger charge is -2.18. The third-order valence-corrected chi connectivity index (χ3v) is 3.68. The number of hydrogen-bond acceptors (Lipinski definition) is 4. The van der Waals surface area contributed by atoms with Crippen LogP contribution in [0.5, 0.6) is 11.5 Å². The van der Waals surface area contributed by atoms with Crippen LogP contribution in [-0.2, 0) is 11.2 Å². The van der Waals surface area contributed by atoms with Crippen molar-refractivity contribution in [3.05, 3.63) is 22.7 Å². The fraction of sp³-hybridized carbons (Fsp3) is 0.600. The van der Waals surface area contributed by atoms with E-state index in [9.17, 15) is 0 Å². The maximum atomic E-state index is 6.08. The van der Waals surface area contributed by atoms with Gasteiger partial charge in [0, 0.05) is 16.7 Å². The highest BCUT2D eigenvalue weighted by Crippen LogP contribution is 2.35. The molecule has 1 aliphatic rings. The monoisotopic (exact) mass is 299 g/mol. The number of methoxy groups -OCH3 is 1. The van der Waals surface area contributed by atoms with Crippen LogP contribution in [0.25, 0.3) is 0 Å². The Kier molecular flexibility index (Phi) is 5.52. The number of nitrogens with two attached hydrogens (primary N) is 1. The van der Waals surface area contributed by atoms with Gasteiger partial charge in [-0.1, -0.05) is 11.6 Å². The molecule has 2 unspecified atom stereocenters. The molecule has 0 amide bonds. The van der Waals surface area contributed by atoms with E-state index in [2.05, 4.69) is 6.92 Å². The van der Waals surface area contributed by atoms with Crippen molar-refractivity contribution in [1.29, 1.82) is 0 Å². The van der Waals surface area contributed by atoms with Gasteiger partial charge in [0.15, 0.2) is 11.5 Å². The number of halogens is 1. The largest absolute Gasteiger partial charge is 0.493 e. The molecule has 2 rings (SSSR count). The molecule has 0 radical (unpaired) electrons. The van der Waals surface area contributed by atoms with Crippen LogP contribution in [-0.4, -0.2) is 32.5 Å². The average Bonchev–Trinajstić information content (AvgIpc) is 2.83. The summed E-state index contributed by atoms with van der Waals surface area (Å²) in [7, 11) is 1.61. The Hall–Kier alpha value is -0.970. The fourth-order valence-corrected chi connectivity index (χ4v) is 2.69. The molecule has 20 heavy (non-hydrogen) atoms. The summed E-state index contributed by atoms with van der Waals surface area (Å²) in [5, 5.41) is 0.628. The van der Waals surface area contributed by atoms with Gasteiger partial charge in [-0.15, -0.1) is 0 Å².